The molecule has 1 aliphatic heterocycles. The summed E-state index contributed by atoms with van der Waals surface area (Å²) in [4.78, 5) is 2.36. The van der Waals surface area contributed by atoms with Crippen LogP contribution in [0.3, 0.4) is 0 Å². The van der Waals surface area contributed by atoms with Gasteiger partial charge in [0.25, 0.3) is 0 Å². The van der Waals surface area contributed by atoms with Crippen LogP contribution in [0, 0.1) is 0 Å². The van der Waals surface area contributed by atoms with Gasteiger partial charge in [-0.25, -0.2) is 0 Å². The van der Waals surface area contributed by atoms with Crippen molar-refractivity contribution in [2.45, 2.75) is 19.5 Å². The lowest BCUT2D eigenvalue weighted by Crippen LogP contribution is -2.56. The van der Waals surface area contributed by atoms with Crippen molar-refractivity contribution in [3.05, 3.63) is 23.8 Å². The molecule has 0 aliphatic carbocycles. The van der Waals surface area contributed by atoms with Crippen LogP contribution in [0.15, 0.2) is 18.2 Å². The topological polar surface area (TPSA) is 55.7 Å². The third-order valence-corrected chi connectivity index (χ3v) is 3.11. The van der Waals surface area contributed by atoms with Gasteiger partial charge in [-0.15, -0.1) is 0 Å². The maximum Gasteiger partial charge on any atom is 0.157 e. The van der Waals surface area contributed by atoms with Crippen molar-refractivity contribution in [3.8, 4) is 11.5 Å². The summed E-state index contributed by atoms with van der Waals surface area (Å²) in [6.45, 7) is 6.03. The van der Waals surface area contributed by atoms with E-state index in [1.165, 1.54) is 6.07 Å². The number of benzene rings is 1. The maximum absolute atomic E-state index is 9.41. The van der Waals surface area contributed by atoms with E-state index in [0.717, 1.165) is 31.7 Å². The monoisotopic (exact) mass is 222 g/mol. The van der Waals surface area contributed by atoms with E-state index >= 15 is 0 Å². The minimum Gasteiger partial charge on any atom is -0.504 e. The Morgan fingerprint density at radius 3 is 2.56 bits per heavy atom. The first-order valence-electron chi connectivity index (χ1n) is 5.66. The lowest BCUT2D eigenvalue weighted by Gasteiger charge is -2.37. The van der Waals surface area contributed by atoms with Crippen LogP contribution in [0.25, 0.3) is 0 Å². The highest BCUT2D eigenvalue weighted by Crippen LogP contribution is 2.25. The largest absolute Gasteiger partial charge is 0.504 e. The van der Waals surface area contributed by atoms with Gasteiger partial charge >= 0.3 is 0 Å². The highest BCUT2D eigenvalue weighted by molar-refractivity contribution is 5.40. The van der Waals surface area contributed by atoms with Gasteiger partial charge in [-0.3, -0.25) is 4.90 Å². The quantitative estimate of drug-likeness (QED) is 0.662. The first kappa shape index (κ1) is 11.2. The summed E-state index contributed by atoms with van der Waals surface area (Å²) < 4.78 is 0. The number of hydrogen-bond donors (Lipinski definition) is 3. The molecule has 1 aromatic carbocycles. The Hall–Kier alpha value is -1.26. The van der Waals surface area contributed by atoms with E-state index in [0.29, 0.717) is 6.04 Å². The number of phenolic OH excluding ortho intramolecular Hbond substituents is 2. The third kappa shape index (κ3) is 2.28. The van der Waals surface area contributed by atoms with Crippen molar-refractivity contribution in [2.24, 2.45) is 0 Å². The first-order chi connectivity index (χ1) is 7.70. The number of phenols is 2. The molecule has 4 heteroatoms. The molecule has 0 unspecified atom stereocenters. The van der Waals surface area contributed by atoms with Crippen LogP contribution in [0.5, 0.6) is 11.5 Å². The fourth-order valence-electron chi connectivity index (χ4n) is 1.93. The molecule has 0 atom stereocenters. The Kier molecular flexibility index (Phi) is 3.31. The number of hydrogen-bond acceptors (Lipinski definition) is 4. The molecule has 2 rings (SSSR count). The van der Waals surface area contributed by atoms with Crippen LogP contribution >= 0.6 is 0 Å². The molecule has 1 aliphatic rings. The minimum absolute atomic E-state index is 0.0414. The summed E-state index contributed by atoms with van der Waals surface area (Å²) in [5.41, 5.74) is 1.03. The highest BCUT2D eigenvalue weighted by atomic mass is 16.3. The molecule has 1 saturated heterocycles. The summed E-state index contributed by atoms with van der Waals surface area (Å²) in [5, 5.41) is 21.9. The predicted molar refractivity (Wildman–Crippen MR) is 62.5 cm³/mol. The number of nitrogens with one attached hydrogen (secondary N) is 1. The molecule has 1 fully saturated rings. The smallest absolute Gasteiger partial charge is 0.157 e. The Balaban J connectivity index is 2.03. The van der Waals surface area contributed by atoms with Crippen molar-refractivity contribution in [1.82, 2.24) is 10.2 Å². The van der Waals surface area contributed by atoms with E-state index < -0.39 is 0 Å². The van der Waals surface area contributed by atoms with E-state index in [4.69, 9.17) is 0 Å². The van der Waals surface area contributed by atoms with Crippen LogP contribution in [0.1, 0.15) is 12.5 Å². The van der Waals surface area contributed by atoms with Gasteiger partial charge in [0.2, 0.25) is 0 Å². The highest BCUT2D eigenvalue weighted by Gasteiger charge is 2.23. The van der Waals surface area contributed by atoms with Gasteiger partial charge in [-0.1, -0.05) is 13.0 Å². The van der Waals surface area contributed by atoms with Gasteiger partial charge in [-0.05, 0) is 24.2 Å². The second-order valence-electron chi connectivity index (χ2n) is 4.20. The molecule has 88 valence electrons. The van der Waals surface area contributed by atoms with E-state index in [2.05, 4.69) is 17.1 Å². The summed E-state index contributed by atoms with van der Waals surface area (Å²) in [7, 11) is 0. The molecule has 0 saturated carbocycles. The van der Waals surface area contributed by atoms with Crippen molar-refractivity contribution in [1.29, 1.82) is 0 Å². The molecule has 1 heterocycles. The molecule has 0 amide bonds. The van der Waals surface area contributed by atoms with Crippen LogP contribution in [-0.4, -0.2) is 40.8 Å². The molecule has 1 aromatic rings. The number of aromatic hydroxyl groups is 2. The van der Waals surface area contributed by atoms with Crippen LogP contribution in [0.2, 0.25) is 0 Å². The normalized spacial score (nSPS) is 16.4. The summed E-state index contributed by atoms with van der Waals surface area (Å²) in [6.07, 6.45) is 0. The fraction of sp³-hybridized carbons (Fsp3) is 0.500. The summed E-state index contributed by atoms with van der Waals surface area (Å²) >= 11 is 0. The average molecular weight is 222 g/mol. The van der Waals surface area contributed by atoms with E-state index in [1.54, 1.807) is 6.07 Å². The predicted octanol–water partition coefficient (Wildman–Crippen LogP) is 0.891. The molecule has 16 heavy (non-hydrogen) atoms. The number of nitrogens with zero attached hydrogens (tertiary/aromatic N) is 1. The molecule has 0 spiro atoms. The van der Waals surface area contributed by atoms with Gasteiger partial charge in [0, 0.05) is 25.7 Å². The molecular formula is C12H18N2O2. The van der Waals surface area contributed by atoms with Crippen molar-refractivity contribution >= 4 is 0 Å². The van der Waals surface area contributed by atoms with Crippen molar-refractivity contribution in [3.63, 3.8) is 0 Å². The van der Waals surface area contributed by atoms with Crippen LogP contribution in [-0.2, 0) is 6.54 Å². The zero-order valence-corrected chi connectivity index (χ0v) is 9.48. The van der Waals surface area contributed by atoms with Gasteiger partial charge in [0.05, 0.1) is 0 Å². The van der Waals surface area contributed by atoms with Crippen LogP contribution < -0.4 is 5.32 Å². The number of likely N-dealkylation sites (N-methyl/N-ethyl adjacent to an activating group) is 1. The van der Waals surface area contributed by atoms with Gasteiger partial charge in [-0.2, -0.15) is 0 Å². The Bertz CT molecular complexity index is 364. The zero-order chi connectivity index (χ0) is 11.5. The minimum atomic E-state index is -0.0582. The molecule has 0 radical (unpaired) electrons. The lowest BCUT2D eigenvalue weighted by molar-refractivity contribution is 0.145. The van der Waals surface area contributed by atoms with Gasteiger partial charge < -0.3 is 15.5 Å². The fourth-order valence-corrected chi connectivity index (χ4v) is 1.93. The van der Waals surface area contributed by atoms with Crippen molar-refractivity contribution < 1.29 is 10.2 Å². The first-order valence-corrected chi connectivity index (χ1v) is 5.66. The van der Waals surface area contributed by atoms with Gasteiger partial charge in [0.15, 0.2) is 11.5 Å². The zero-order valence-electron chi connectivity index (χ0n) is 9.48. The van der Waals surface area contributed by atoms with Gasteiger partial charge in [0.1, 0.15) is 0 Å². The Morgan fingerprint density at radius 2 is 2.06 bits per heavy atom. The van der Waals surface area contributed by atoms with Crippen LogP contribution in [0.4, 0.5) is 0 Å². The Labute approximate surface area is 95.5 Å². The molecule has 3 N–H and O–H groups in total. The summed E-state index contributed by atoms with van der Waals surface area (Å²) in [5.74, 6) is -0.0996. The second-order valence-corrected chi connectivity index (χ2v) is 4.20. The molecule has 0 aromatic heterocycles. The second kappa shape index (κ2) is 4.72. The average Bonchev–Trinajstić information content (AvgIpc) is 2.20. The van der Waals surface area contributed by atoms with E-state index in [-0.39, 0.29) is 11.5 Å². The van der Waals surface area contributed by atoms with E-state index in [1.807, 2.05) is 6.07 Å². The van der Waals surface area contributed by atoms with E-state index in [9.17, 15) is 10.2 Å². The summed E-state index contributed by atoms with van der Waals surface area (Å²) in [6, 6.07) is 5.62. The van der Waals surface area contributed by atoms with Crippen molar-refractivity contribution in [2.75, 3.05) is 19.6 Å². The molecular weight excluding hydrogens is 204 g/mol. The standard InChI is InChI=1S/C12H18N2O2/c1-2-14(10-6-13-7-10)8-9-3-4-11(15)12(16)5-9/h3-5,10,13,15-16H,2,6-8H2,1H3. The molecule has 0 bridgehead atoms. The number of rotatable bonds is 4. The Morgan fingerprint density at radius 1 is 1.31 bits per heavy atom. The maximum atomic E-state index is 9.41. The lowest BCUT2D eigenvalue weighted by atomic mass is 10.1. The molecule has 4 nitrogen and oxygen atoms in total. The third-order valence-electron chi connectivity index (χ3n) is 3.11. The SMILES string of the molecule is CCN(Cc1ccc(O)c(O)c1)C1CNC1.